The molecule has 0 amide bonds. The van der Waals surface area contributed by atoms with E-state index in [-0.39, 0.29) is 5.78 Å². The number of benzene rings is 1. The van der Waals surface area contributed by atoms with E-state index in [1.807, 2.05) is 33.0 Å². The molecule has 0 N–H and O–H groups in total. The number of ketones is 1. The lowest BCUT2D eigenvalue weighted by molar-refractivity contribution is 0.0982. The van der Waals surface area contributed by atoms with Crippen molar-refractivity contribution in [2.75, 3.05) is 7.11 Å². The molecule has 0 saturated heterocycles. The van der Waals surface area contributed by atoms with Crippen LogP contribution in [0, 0.1) is 0 Å². The van der Waals surface area contributed by atoms with Gasteiger partial charge in [-0.3, -0.25) is 4.79 Å². The first-order chi connectivity index (χ1) is 6.70. The first-order valence-electron chi connectivity index (χ1n) is 4.87. The molecule has 0 radical (unpaired) electrons. The fourth-order valence-corrected chi connectivity index (χ4v) is 1.50. The lowest BCUT2D eigenvalue weighted by atomic mass is 9.87. The van der Waals surface area contributed by atoms with Gasteiger partial charge in [-0.25, -0.2) is 0 Å². The summed E-state index contributed by atoms with van der Waals surface area (Å²) >= 11 is 0. The molecule has 74 valence electrons. The second-order valence-corrected chi connectivity index (χ2v) is 3.31. The Hall–Kier alpha value is -1.25. The van der Waals surface area contributed by atoms with Gasteiger partial charge in [-0.15, -0.1) is 0 Å². The molecule has 0 saturated carbocycles. The average molecular weight is 190 g/mol. The Morgan fingerprint density at radius 3 is 2.79 bits per heavy atom. The van der Waals surface area contributed by atoms with Crippen molar-refractivity contribution in [1.29, 1.82) is 0 Å². The summed E-state index contributed by atoms with van der Waals surface area (Å²) in [5.41, 5.74) is 1.72. The van der Waals surface area contributed by atoms with E-state index in [9.17, 15) is 4.79 Å². The third kappa shape index (κ3) is 2.16. The number of hydrogen-bond donors (Lipinski definition) is 0. The zero-order chi connectivity index (χ0) is 10.6. The normalized spacial score (nSPS) is 9.86. The third-order valence-electron chi connectivity index (χ3n) is 2.28. The van der Waals surface area contributed by atoms with Gasteiger partial charge in [-0.05, 0) is 17.9 Å². The second-order valence-electron chi connectivity index (χ2n) is 3.31. The quantitative estimate of drug-likeness (QED) is 0.521. The van der Waals surface area contributed by atoms with Crippen molar-refractivity contribution < 1.29 is 9.53 Å². The highest BCUT2D eigenvalue weighted by atomic mass is 16.5. The van der Waals surface area contributed by atoms with E-state index in [1.165, 1.54) is 0 Å². The van der Waals surface area contributed by atoms with Crippen molar-refractivity contribution in [2.24, 2.45) is 0 Å². The molecule has 0 unspecified atom stereocenters. The largest absolute Gasteiger partial charge is 0.497 e. The molecule has 3 heteroatoms. The van der Waals surface area contributed by atoms with Crippen LogP contribution in [0.1, 0.15) is 30.1 Å². The number of rotatable bonds is 4. The van der Waals surface area contributed by atoms with Crippen LogP contribution in [-0.4, -0.2) is 20.7 Å². The standard InChI is InChI=1S/C11H15BO2/c1-3-5-9(13)8-6-4-7-10(14-2)11(8)12/h4,6-7H,3,5,12H2,1-2H3. The first kappa shape index (κ1) is 10.8. The van der Waals surface area contributed by atoms with Crippen molar-refractivity contribution in [3.05, 3.63) is 23.8 Å². The summed E-state index contributed by atoms with van der Waals surface area (Å²) in [6.45, 7) is 2.01. The highest BCUT2D eigenvalue weighted by Crippen LogP contribution is 2.10. The SMILES string of the molecule is Bc1c(OC)cccc1C(=O)CCC. The molecule has 14 heavy (non-hydrogen) atoms. The minimum absolute atomic E-state index is 0.198. The summed E-state index contributed by atoms with van der Waals surface area (Å²) in [5.74, 6) is 0.982. The number of hydrogen-bond acceptors (Lipinski definition) is 2. The Balaban J connectivity index is 3.03. The van der Waals surface area contributed by atoms with Gasteiger partial charge in [0.1, 0.15) is 13.6 Å². The van der Waals surface area contributed by atoms with Gasteiger partial charge >= 0.3 is 0 Å². The van der Waals surface area contributed by atoms with E-state index in [2.05, 4.69) is 0 Å². The Labute approximate surface area is 85.7 Å². The Kier molecular flexibility index (Phi) is 3.75. The summed E-state index contributed by atoms with van der Waals surface area (Å²) in [6.07, 6.45) is 1.49. The number of methoxy groups -OCH3 is 1. The first-order valence-corrected chi connectivity index (χ1v) is 4.87. The zero-order valence-electron chi connectivity index (χ0n) is 8.96. The Morgan fingerprint density at radius 1 is 1.50 bits per heavy atom. The molecule has 0 bridgehead atoms. The summed E-state index contributed by atoms with van der Waals surface area (Å²) in [6, 6.07) is 5.59. The highest BCUT2D eigenvalue weighted by molar-refractivity contribution is 6.38. The highest BCUT2D eigenvalue weighted by Gasteiger charge is 2.10. The summed E-state index contributed by atoms with van der Waals surface area (Å²) in [4.78, 5) is 11.7. The maximum atomic E-state index is 11.7. The molecule has 0 aliphatic carbocycles. The van der Waals surface area contributed by atoms with Crippen molar-refractivity contribution >= 4 is 19.1 Å². The van der Waals surface area contributed by atoms with Crippen LogP contribution in [0.5, 0.6) is 5.75 Å². The predicted molar refractivity (Wildman–Crippen MR) is 60.4 cm³/mol. The molecule has 0 aliphatic heterocycles. The van der Waals surface area contributed by atoms with Gasteiger partial charge in [0, 0.05) is 12.0 Å². The molecule has 0 fully saturated rings. The topological polar surface area (TPSA) is 26.3 Å². The maximum absolute atomic E-state index is 11.7. The van der Waals surface area contributed by atoms with Crippen LogP contribution in [-0.2, 0) is 0 Å². The Morgan fingerprint density at radius 2 is 2.21 bits per heavy atom. The molecule has 2 nitrogen and oxygen atoms in total. The van der Waals surface area contributed by atoms with Crippen LogP contribution in [0.2, 0.25) is 0 Å². The molecule has 0 aliphatic rings. The van der Waals surface area contributed by atoms with Crippen LogP contribution in [0.15, 0.2) is 18.2 Å². The summed E-state index contributed by atoms with van der Waals surface area (Å²) in [5, 5.41) is 0. The van der Waals surface area contributed by atoms with Gasteiger partial charge in [-0.2, -0.15) is 0 Å². The lowest BCUT2D eigenvalue weighted by Crippen LogP contribution is -2.17. The van der Waals surface area contributed by atoms with E-state index < -0.39 is 0 Å². The molecule has 1 rings (SSSR count). The monoisotopic (exact) mass is 190 g/mol. The van der Waals surface area contributed by atoms with Gasteiger partial charge in [0.2, 0.25) is 0 Å². The predicted octanol–water partition coefficient (Wildman–Crippen LogP) is 0.936. The van der Waals surface area contributed by atoms with E-state index in [0.717, 1.165) is 23.2 Å². The fraction of sp³-hybridized carbons (Fsp3) is 0.364. The summed E-state index contributed by atoms with van der Waals surface area (Å²) < 4.78 is 5.16. The fourth-order valence-electron chi connectivity index (χ4n) is 1.50. The molecule has 1 aromatic carbocycles. The smallest absolute Gasteiger partial charge is 0.162 e. The molecule has 0 atom stereocenters. The van der Waals surface area contributed by atoms with E-state index in [1.54, 1.807) is 7.11 Å². The number of ether oxygens (including phenoxy) is 1. The van der Waals surface area contributed by atoms with Crippen molar-refractivity contribution in [2.45, 2.75) is 19.8 Å². The van der Waals surface area contributed by atoms with Crippen molar-refractivity contribution in [1.82, 2.24) is 0 Å². The van der Waals surface area contributed by atoms with Crippen molar-refractivity contribution in [3.63, 3.8) is 0 Å². The molecular weight excluding hydrogens is 175 g/mol. The molecule has 1 aromatic rings. The van der Waals surface area contributed by atoms with Crippen LogP contribution >= 0.6 is 0 Å². The van der Waals surface area contributed by atoms with E-state index >= 15 is 0 Å². The lowest BCUT2D eigenvalue weighted by Gasteiger charge is -2.08. The van der Waals surface area contributed by atoms with Crippen LogP contribution in [0.3, 0.4) is 0 Å². The van der Waals surface area contributed by atoms with Gasteiger partial charge in [0.05, 0.1) is 7.11 Å². The third-order valence-corrected chi connectivity index (χ3v) is 2.28. The molecular formula is C11H15BO2. The van der Waals surface area contributed by atoms with Gasteiger partial charge in [0.15, 0.2) is 5.78 Å². The molecule has 0 aromatic heterocycles. The van der Waals surface area contributed by atoms with Crippen LogP contribution < -0.4 is 10.2 Å². The van der Waals surface area contributed by atoms with Crippen LogP contribution in [0.25, 0.3) is 0 Å². The van der Waals surface area contributed by atoms with Crippen molar-refractivity contribution in [3.8, 4) is 5.75 Å². The van der Waals surface area contributed by atoms with Gasteiger partial charge < -0.3 is 4.74 Å². The molecule has 0 spiro atoms. The van der Waals surface area contributed by atoms with E-state index in [4.69, 9.17) is 4.74 Å². The number of Topliss-reactive ketones (excluding diaryl/α,β-unsaturated/α-hetero) is 1. The zero-order valence-corrected chi connectivity index (χ0v) is 8.96. The average Bonchev–Trinajstić information content (AvgIpc) is 2.18. The van der Waals surface area contributed by atoms with E-state index in [0.29, 0.717) is 6.42 Å². The number of carbonyl (C=O) groups is 1. The number of carbonyl (C=O) groups excluding carboxylic acids is 1. The minimum atomic E-state index is 0.198. The van der Waals surface area contributed by atoms with Gasteiger partial charge in [-0.1, -0.05) is 19.1 Å². The molecule has 0 heterocycles. The summed E-state index contributed by atoms with van der Waals surface area (Å²) in [7, 11) is 3.54. The Bertz CT molecular complexity index is 334. The minimum Gasteiger partial charge on any atom is -0.497 e. The maximum Gasteiger partial charge on any atom is 0.162 e. The van der Waals surface area contributed by atoms with Gasteiger partial charge in [0.25, 0.3) is 0 Å². The second kappa shape index (κ2) is 4.84. The van der Waals surface area contributed by atoms with Crippen LogP contribution in [0.4, 0.5) is 0 Å².